The van der Waals surface area contributed by atoms with Crippen molar-refractivity contribution in [2.75, 3.05) is 5.32 Å². The van der Waals surface area contributed by atoms with Crippen LogP contribution in [0.25, 0.3) is 0 Å². The fourth-order valence-electron chi connectivity index (χ4n) is 2.52. The van der Waals surface area contributed by atoms with Crippen molar-refractivity contribution in [3.8, 4) is 0 Å². The third-order valence-electron chi connectivity index (χ3n) is 3.95. The SMILES string of the molecule is O=C(NNC(=O)c1ccccc1NC(=O)c1ccccc1Br)c1ccccc1F. The molecule has 3 aromatic carbocycles. The summed E-state index contributed by atoms with van der Waals surface area (Å²) >= 11 is 3.31. The molecule has 0 aliphatic carbocycles. The normalized spacial score (nSPS) is 10.1. The average Bonchev–Trinajstić information content (AvgIpc) is 2.72. The molecule has 3 rings (SSSR count). The van der Waals surface area contributed by atoms with Gasteiger partial charge in [0.2, 0.25) is 0 Å². The van der Waals surface area contributed by atoms with Gasteiger partial charge in [0.05, 0.1) is 22.4 Å². The van der Waals surface area contributed by atoms with Gasteiger partial charge in [0, 0.05) is 4.47 Å². The molecule has 0 saturated heterocycles. The third kappa shape index (κ3) is 4.85. The lowest BCUT2D eigenvalue weighted by atomic mass is 10.1. The van der Waals surface area contributed by atoms with Crippen LogP contribution in [0, 0.1) is 5.82 Å². The van der Waals surface area contributed by atoms with E-state index in [1.165, 1.54) is 24.3 Å². The molecule has 29 heavy (non-hydrogen) atoms. The van der Waals surface area contributed by atoms with E-state index in [0.717, 1.165) is 6.07 Å². The highest BCUT2D eigenvalue weighted by Gasteiger charge is 2.17. The molecule has 0 heterocycles. The Kier molecular flexibility index (Phi) is 6.36. The van der Waals surface area contributed by atoms with Crippen LogP contribution in [0.5, 0.6) is 0 Å². The topological polar surface area (TPSA) is 87.3 Å². The Bertz CT molecular complexity index is 1090. The molecule has 0 spiro atoms. The molecule has 0 saturated carbocycles. The van der Waals surface area contributed by atoms with Crippen molar-refractivity contribution in [2.45, 2.75) is 0 Å². The minimum Gasteiger partial charge on any atom is -0.321 e. The first-order valence-electron chi connectivity index (χ1n) is 8.47. The van der Waals surface area contributed by atoms with Crippen LogP contribution in [-0.4, -0.2) is 17.7 Å². The van der Waals surface area contributed by atoms with Crippen LogP contribution in [0.3, 0.4) is 0 Å². The molecular weight excluding hydrogens is 441 g/mol. The summed E-state index contributed by atoms with van der Waals surface area (Å²) in [5.41, 5.74) is 4.96. The summed E-state index contributed by atoms with van der Waals surface area (Å²) in [6, 6.07) is 18.6. The Hall–Kier alpha value is -3.52. The zero-order chi connectivity index (χ0) is 20.8. The van der Waals surface area contributed by atoms with Gasteiger partial charge in [0.1, 0.15) is 5.82 Å². The predicted molar refractivity (Wildman–Crippen MR) is 110 cm³/mol. The Balaban J connectivity index is 1.72. The van der Waals surface area contributed by atoms with Gasteiger partial charge in [0.15, 0.2) is 0 Å². The number of carbonyl (C=O) groups is 3. The van der Waals surface area contributed by atoms with Crippen molar-refractivity contribution < 1.29 is 18.8 Å². The molecule has 8 heteroatoms. The van der Waals surface area contributed by atoms with Crippen LogP contribution in [0.15, 0.2) is 77.3 Å². The molecule has 0 aromatic heterocycles. The van der Waals surface area contributed by atoms with E-state index in [2.05, 4.69) is 32.1 Å². The van der Waals surface area contributed by atoms with E-state index in [0.29, 0.717) is 10.0 Å². The van der Waals surface area contributed by atoms with Crippen molar-refractivity contribution in [1.29, 1.82) is 0 Å². The largest absolute Gasteiger partial charge is 0.321 e. The van der Waals surface area contributed by atoms with Gasteiger partial charge in [0.25, 0.3) is 17.7 Å². The molecule has 3 N–H and O–H groups in total. The van der Waals surface area contributed by atoms with Gasteiger partial charge < -0.3 is 5.32 Å². The number of hydrogen-bond donors (Lipinski definition) is 3. The molecule has 0 atom stereocenters. The number of hydrogen-bond acceptors (Lipinski definition) is 3. The Morgan fingerprint density at radius 2 is 1.17 bits per heavy atom. The zero-order valence-electron chi connectivity index (χ0n) is 14.9. The summed E-state index contributed by atoms with van der Waals surface area (Å²) < 4.78 is 14.3. The van der Waals surface area contributed by atoms with Crippen LogP contribution in [-0.2, 0) is 0 Å². The summed E-state index contributed by atoms with van der Waals surface area (Å²) in [6.45, 7) is 0. The van der Waals surface area contributed by atoms with Crippen LogP contribution >= 0.6 is 15.9 Å². The second-order valence-corrected chi connectivity index (χ2v) is 6.72. The minimum atomic E-state index is -0.800. The molecular formula is C21H15BrFN3O3. The molecule has 0 bridgehead atoms. The van der Waals surface area contributed by atoms with Crippen molar-refractivity contribution >= 4 is 39.3 Å². The lowest BCUT2D eigenvalue weighted by Crippen LogP contribution is -2.42. The standard InChI is InChI=1S/C21H15BrFN3O3/c22-16-10-4-1-7-13(16)19(27)24-18-12-6-3-9-15(18)21(29)26-25-20(28)14-8-2-5-11-17(14)23/h1-12H,(H,24,27)(H,25,28)(H,26,29). The Labute approximate surface area is 174 Å². The first-order chi connectivity index (χ1) is 14.0. The molecule has 0 unspecified atom stereocenters. The fourth-order valence-corrected chi connectivity index (χ4v) is 2.98. The van der Waals surface area contributed by atoms with Crippen LogP contribution in [0.4, 0.5) is 10.1 Å². The van der Waals surface area contributed by atoms with E-state index in [1.807, 2.05) is 0 Å². The van der Waals surface area contributed by atoms with Crippen molar-refractivity contribution in [2.24, 2.45) is 0 Å². The molecule has 0 radical (unpaired) electrons. The van der Waals surface area contributed by atoms with E-state index in [9.17, 15) is 18.8 Å². The number of halogens is 2. The Morgan fingerprint density at radius 3 is 1.83 bits per heavy atom. The van der Waals surface area contributed by atoms with E-state index in [1.54, 1.807) is 42.5 Å². The maximum absolute atomic E-state index is 13.7. The van der Waals surface area contributed by atoms with Gasteiger partial charge in [-0.3, -0.25) is 25.2 Å². The number of para-hydroxylation sites is 1. The van der Waals surface area contributed by atoms with Gasteiger partial charge in [-0.2, -0.15) is 0 Å². The minimum absolute atomic E-state index is 0.127. The number of hydrazine groups is 1. The smallest absolute Gasteiger partial charge is 0.272 e. The van der Waals surface area contributed by atoms with Crippen LogP contribution in [0.1, 0.15) is 31.1 Å². The van der Waals surface area contributed by atoms with E-state index in [-0.39, 0.29) is 16.8 Å². The molecule has 0 aliphatic heterocycles. The summed E-state index contributed by atoms with van der Waals surface area (Å²) in [5, 5.41) is 2.67. The highest BCUT2D eigenvalue weighted by molar-refractivity contribution is 9.10. The molecule has 3 aromatic rings. The second kappa shape index (κ2) is 9.11. The number of benzene rings is 3. The van der Waals surface area contributed by atoms with Crippen LogP contribution in [0.2, 0.25) is 0 Å². The zero-order valence-corrected chi connectivity index (χ0v) is 16.5. The molecule has 6 nitrogen and oxygen atoms in total. The van der Waals surface area contributed by atoms with Gasteiger partial charge >= 0.3 is 0 Å². The Morgan fingerprint density at radius 1 is 0.655 bits per heavy atom. The van der Waals surface area contributed by atoms with E-state index < -0.39 is 23.5 Å². The predicted octanol–water partition coefficient (Wildman–Crippen LogP) is 3.92. The van der Waals surface area contributed by atoms with Gasteiger partial charge in [-0.1, -0.05) is 36.4 Å². The van der Waals surface area contributed by atoms with Gasteiger partial charge in [-0.25, -0.2) is 4.39 Å². The van der Waals surface area contributed by atoms with E-state index in [4.69, 9.17) is 0 Å². The number of carbonyl (C=O) groups excluding carboxylic acids is 3. The summed E-state index contributed by atoms with van der Waals surface area (Å²) in [6.07, 6.45) is 0. The third-order valence-corrected chi connectivity index (χ3v) is 4.64. The highest BCUT2D eigenvalue weighted by atomic mass is 79.9. The highest BCUT2D eigenvalue weighted by Crippen LogP contribution is 2.20. The quantitative estimate of drug-likeness (QED) is 0.521. The molecule has 0 fully saturated rings. The fraction of sp³-hybridized carbons (Fsp3) is 0. The number of nitrogens with one attached hydrogen (secondary N) is 3. The summed E-state index contributed by atoms with van der Waals surface area (Å²) in [4.78, 5) is 37.1. The van der Waals surface area contributed by atoms with Gasteiger partial charge in [-0.15, -0.1) is 0 Å². The monoisotopic (exact) mass is 455 g/mol. The maximum atomic E-state index is 13.7. The summed E-state index contributed by atoms with van der Waals surface area (Å²) in [7, 11) is 0. The van der Waals surface area contributed by atoms with Gasteiger partial charge in [-0.05, 0) is 52.3 Å². The first-order valence-corrected chi connectivity index (χ1v) is 9.27. The summed E-state index contributed by atoms with van der Waals surface area (Å²) in [5.74, 6) is -2.59. The number of amides is 3. The van der Waals surface area contributed by atoms with E-state index >= 15 is 0 Å². The number of anilines is 1. The number of rotatable bonds is 4. The van der Waals surface area contributed by atoms with Crippen molar-refractivity contribution in [3.63, 3.8) is 0 Å². The second-order valence-electron chi connectivity index (χ2n) is 5.87. The molecule has 0 aliphatic rings. The van der Waals surface area contributed by atoms with Crippen molar-refractivity contribution in [1.82, 2.24) is 10.9 Å². The maximum Gasteiger partial charge on any atom is 0.272 e. The van der Waals surface area contributed by atoms with Crippen molar-refractivity contribution in [3.05, 3.63) is 99.8 Å². The van der Waals surface area contributed by atoms with Crippen LogP contribution < -0.4 is 16.2 Å². The molecule has 3 amide bonds. The lowest BCUT2D eigenvalue weighted by molar-refractivity contribution is 0.0844. The first kappa shape index (κ1) is 20.2. The average molecular weight is 456 g/mol. The molecule has 146 valence electrons. The lowest BCUT2D eigenvalue weighted by Gasteiger charge is -2.13.